The molecule has 0 aliphatic carbocycles. The Labute approximate surface area is 113 Å². The maximum Gasteiger partial charge on any atom is 0.416 e. The smallest absolute Gasteiger partial charge is 0.416 e. The number of nitrogens with zero attached hydrogens (tertiary/aromatic N) is 1. The van der Waals surface area contributed by atoms with E-state index in [1.165, 1.54) is 6.07 Å². The zero-order valence-electron chi connectivity index (χ0n) is 10.3. The first-order valence-corrected chi connectivity index (χ1v) is 6.93. The summed E-state index contributed by atoms with van der Waals surface area (Å²) in [6.07, 6.45) is -4.57. The Hall–Kier alpha value is -1.61. The Morgan fingerprint density at radius 1 is 1.35 bits per heavy atom. The standard InChI is InChI=1S/C11H12F3NO4S/c1-15(6-10(16)17)20(18,19)7-8-3-2-4-9(5-8)11(12,13)14/h2-5H,6-7H2,1H3,(H,16,17)/p-1. The van der Waals surface area contributed by atoms with E-state index in [4.69, 9.17) is 0 Å². The summed E-state index contributed by atoms with van der Waals surface area (Å²) in [4.78, 5) is 10.3. The van der Waals surface area contributed by atoms with Crippen molar-refractivity contribution >= 4 is 16.0 Å². The highest BCUT2D eigenvalue weighted by Gasteiger charge is 2.31. The molecule has 0 atom stereocenters. The summed E-state index contributed by atoms with van der Waals surface area (Å²) < 4.78 is 61.5. The minimum absolute atomic E-state index is 0.0787. The van der Waals surface area contributed by atoms with Crippen LogP contribution in [0.15, 0.2) is 24.3 Å². The van der Waals surface area contributed by atoms with E-state index in [2.05, 4.69) is 0 Å². The number of carbonyl (C=O) groups excluding carboxylic acids is 1. The quantitative estimate of drug-likeness (QED) is 0.779. The van der Waals surface area contributed by atoms with Crippen LogP contribution in [0, 0.1) is 0 Å². The van der Waals surface area contributed by atoms with E-state index >= 15 is 0 Å². The van der Waals surface area contributed by atoms with Crippen molar-refractivity contribution < 1.29 is 31.5 Å². The zero-order valence-corrected chi connectivity index (χ0v) is 11.2. The summed E-state index contributed by atoms with van der Waals surface area (Å²) in [6.45, 7) is -0.860. The van der Waals surface area contributed by atoms with Gasteiger partial charge in [-0.2, -0.15) is 17.5 Å². The number of benzene rings is 1. The van der Waals surface area contributed by atoms with Gasteiger partial charge in [0, 0.05) is 7.05 Å². The molecule has 5 nitrogen and oxygen atoms in total. The molecule has 0 radical (unpaired) electrons. The predicted octanol–water partition coefficient (Wildman–Crippen LogP) is 0.217. The second kappa shape index (κ2) is 5.80. The topological polar surface area (TPSA) is 77.5 Å². The number of rotatable bonds is 5. The van der Waals surface area contributed by atoms with Crippen LogP contribution in [0.4, 0.5) is 13.2 Å². The summed E-state index contributed by atoms with van der Waals surface area (Å²) in [6, 6.07) is 3.84. The molecular weight excluding hydrogens is 299 g/mol. The van der Waals surface area contributed by atoms with E-state index < -0.39 is 40.0 Å². The van der Waals surface area contributed by atoms with Crippen molar-refractivity contribution in [2.24, 2.45) is 0 Å². The van der Waals surface area contributed by atoms with Gasteiger partial charge in [0.15, 0.2) is 0 Å². The first-order chi connectivity index (χ1) is 9.02. The van der Waals surface area contributed by atoms with E-state index in [9.17, 15) is 31.5 Å². The van der Waals surface area contributed by atoms with Crippen LogP contribution >= 0.6 is 0 Å². The summed E-state index contributed by atoms with van der Waals surface area (Å²) in [5, 5.41) is 10.3. The molecule has 0 spiro atoms. The van der Waals surface area contributed by atoms with Gasteiger partial charge in [0.1, 0.15) is 0 Å². The molecule has 0 aromatic heterocycles. The van der Waals surface area contributed by atoms with E-state index in [-0.39, 0.29) is 5.56 Å². The second-order valence-electron chi connectivity index (χ2n) is 4.08. The first kappa shape index (κ1) is 16.4. The monoisotopic (exact) mass is 310 g/mol. The fourth-order valence-corrected chi connectivity index (χ4v) is 2.56. The van der Waals surface area contributed by atoms with Crippen LogP contribution in [0.25, 0.3) is 0 Å². The van der Waals surface area contributed by atoms with Crippen molar-refractivity contribution in [1.29, 1.82) is 0 Å². The van der Waals surface area contributed by atoms with E-state index in [0.717, 1.165) is 19.2 Å². The summed E-state index contributed by atoms with van der Waals surface area (Å²) in [5.74, 6) is -2.32. The Balaban J connectivity index is 2.96. The van der Waals surface area contributed by atoms with Gasteiger partial charge in [-0.25, -0.2) is 8.42 Å². The van der Waals surface area contributed by atoms with Gasteiger partial charge in [0.2, 0.25) is 10.0 Å². The van der Waals surface area contributed by atoms with Crippen LogP contribution in [0.3, 0.4) is 0 Å². The van der Waals surface area contributed by atoms with Crippen molar-refractivity contribution in [2.45, 2.75) is 11.9 Å². The normalized spacial score (nSPS) is 12.7. The SMILES string of the molecule is CN(CC(=O)[O-])S(=O)(=O)Cc1cccc(C(F)(F)F)c1. The molecule has 0 bridgehead atoms. The van der Waals surface area contributed by atoms with Gasteiger partial charge in [-0.05, 0) is 11.6 Å². The van der Waals surface area contributed by atoms with E-state index in [1.807, 2.05) is 0 Å². The minimum Gasteiger partial charge on any atom is -0.549 e. The van der Waals surface area contributed by atoms with Crippen LogP contribution in [0.2, 0.25) is 0 Å². The van der Waals surface area contributed by atoms with Gasteiger partial charge in [0.05, 0.1) is 23.8 Å². The average Bonchev–Trinajstić information content (AvgIpc) is 2.26. The zero-order chi connectivity index (χ0) is 15.6. The lowest BCUT2D eigenvalue weighted by molar-refractivity contribution is -0.305. The largest absolute Gasteiger partial charge is 0.549 e. The molecule has 0 amide bonds. The number of likely N-dealkylation sites (N-methyl/N-ethyl adjacent to an activating group) is 1. The molecule has 0 unspecified atom stereocenters. The van der Waals surface area contributed by atoms with Crippen molar-refractivity contribution in [3.8, 4) is 0 Å². The van der Waals surface area contributed by atoms with Crippen molar-refractivity contribution in [3.63, 3.8) is 0 Å². The molecule has 1 aromatic carbocycles. The number of alkyl halides is 3. The van der Waals surface area contributed by atoms with Gasteiger partial charge < -0.3 is 9.90 Å². The molecule has 0 fully saturated rings. The van der Waals surface area contributed by atoms with E-state index in [0.29, 0.717) is 10.4 Å². The number of carboxylic acids is 1. The lowest BCUT2D eigenvalue weighted by Gasteiger charge is -2.18. The molecule has 0 aliphatic heterocycles. The highest BCUT2D eigenvalue weighted by atomic mass is 32.2. The van der Waals surface area contributed by atoms with Gasteiger partial charge >= 0.3 is 6.18 Å². The van der Waals surface area contributed by atoms with Gasteiger partial charge in [-0.15, -0.1) is 0 Å². The number of carbonyl (C=O) groups is 1. The van der Waals surface area contributed by atoms with Crippen molar-refractivity contribution in [1.82, 2.24) is 4.31 Å². The molecule has 1 aromatic rings. The third kappa shape index (κ3) is 4.49. The number of aliphatic carboxylic acids is 1. The Bertz CT molecular complexity index is 598. The third-order valence-electron chi connectivity index (χ3n) is 2.43. The van der Waals surface area contributed by atoms with Gasteiger partial charge in [-0.1, -0.05) is 18.2 Å². The van der Waals surface area contributed by atoms with Gasteiger partial charge in [0.25, 0.3) is 0 Å². The van der Waals surface area contributed by atoms with Crippen molar-refractivity contribution in [3.05, 3.63) is 35.4 Å². The molecule has 112 valence electrons. The van der Waals surface area contributed by atoms with Crippen LogP contribution in [-0.2, 0) is 26.7 Å². The third-order valence-corrected chi connectivity index (χ3v) is 4.21. The molecule has 0 saturated heterocycles. The second-order valence-corrected chi connectivity index (χ2v) is 6.16. The molecule has 20 heavy (non-hydrogen) atoms. The first-order valence-electron chi connectivity index (χ1n) is 5.32. The molecule has 0 N–H and O–H groups in total. The highest BCUT2D eigenvalue weighted by molar-refractivity contribution is 7.88. The maximum atomic E-state index is 12.5. The lowest BCUT2D eigenvalue weighted by Crippen LogP contribution is -2.39. The number of hydrogen-bond acceptors (Lipinski definition) is 4. The minimum atomic E-state index is -4.57. The fraction of sp³-hybridized carbons (Fsp3) is 0.364. The lowest BCUT2D eigenvalue weighted by atomic mass is 10.1. The predicted molar refractivity (Wildman–Crippen MR) is 61.7 cm³/mol. The van der Waals surface area contributed by atoms with Crippen LogP contribution < -0.4 is 5.11 Å². The summed E-state index contributed by atoms with van der Waals surface area (Å²) in [7, 11) is -3.01. The number of sulfonamides is 1. The summed E-state index contributed by atoms with van der Waals surface area (Å²) >= 11 is 0. The average molecular weight is 310 g/mol. The molecule has 0 saturated carbocycles. The number of carboxylic acid groups (broad SMARTS) is 1. The Morgan fingerprint density at radius 2 is 1.95 bits per heavy atom. The van der Waals surface area contributed by atoms with E-state index in [1.54, 1.807) is 0 Å². The Morgan fingerprint density at radius 3 is 2.45 bits per heavy atom. The van der Waals surface area contributed by atoms with Gasteiger partial charge in [-0.3, -0.25) is 0 Å². The summed E-state index contributed by atoms with van der Waals surface area (Å²) in [5.41, 5.74) is -1.04. The molecule has 0 aliphatic rings. The van der Waals surface area contributed by atoms with Crippen LogP contribution in [-0.4, -0.2) is 32.3 Å². The number of halogens is 3. The Kier molecular flexibility index (Phi) is 4.77. The van der Waals surface area contributed by atoms with Crippen molar-refractivity contribution in [2.75, 3.05) is 13.6 Å². The highest BCUT2D eigenvalue weighted by Crippen LogP contribution is 2.29. The fourth-order valence-electron chi connectivity index (χ4n) is 1.44. The molecule has 9 heteroatoms. The number of hydrogen-bond donors (Lipinski definition) is 0. The van der Waals surface area contributed by atoms with Crippen LogP contribution in [0.5, 0.6) is 0 Å². The molecule has 1 rings (SSSR count). The molecule has 0 heterocycles. The molecular formula is C11H11F3NO4S-. The van der Waals surface area contributed by atoms with Crippen LogP contribution in [0.1, 0.15) is 11.1 Å². The maximum absolute atomic E-state index is 12.5.